The second-order valence-electron chi connectivity index (χ2n) is 3.92. The van der Waals surface area contributed by atoms with E-state index in [1.165, 1.54) is 6.07 Å². The standard InChI is InChI=1S/C12H13N3O3/c1-7-5-9(3-4-10(7)16)12(17)13-6-11-14-8(2)15-18-11/h3-5,16H,6H2,1-2H3,(H,13,17). The quantitative estimate of drug-likeness (QED) is 0.854. The van der Waals surface area contributed by atoms with E-state index in [4.69, 9.17) is 4.52 Å². The molecule has 0 saturated heterocycles. The van der Waals surface area contributed by atoms with Gasteiger partial charge in [-0.25, -0.2) is 0 Å². The number of aryl methyl sites for hydroxylation is 2. The van der Waals surface area contributed by atoms with Gasteiger partial charge in [0.05, 0.1) is 6.54 Å². The summed E-state index contributed by atoms with van der Waals surface area (Å²) in [4.78, 5) is 15.8. The zero-order chi connectivity index (χ0) is 13.1. The van der Waals surface area contributed by atoms with Crippen LogP contribution in [0.5, 0.6) is 5.75 Å². The van der Waals surface area contributed by atoms with E-state index in [1.54, 1.807) is 26.0 Å². The van der Waals surface area contributed by atoms with Crippen LogP contribution in [-0.4, -0.2) is 21.2 Å². The summed E-state index contributed by atoms with van der Waals surface area (Å²) in [7, 11) is 0. The summed E-state index contributed by atoms with van der Waals surface area (Å²) in [6, 6.07) is 4.65. The lowest BCUT2D eigenvalue weighted by molar-refractivity contribution is 0.0946. The Morgan fingerprint density at radius 1 is 1.44 bits per heavy atom. The van der Waals surface area contributed by atoms with Gasteiger partial charge >= 0.3 is 0 Å². The van der Waals surface area contributed by atoms with Crippen LogP contribution in [0.25, 0.3) is 0 Å². The highest BCUT2D eigenvalue weighted by atomic mass is 16.5. The number of hydrogen-bond acceptors (Lipinski definition) is 5. The fourth-order valence-electron chi connectivity index (χ4n) is 1.47. The van der Waals surface area contributed by atoms with Crippen molar-refractivity contribution in [2.24, 2.45) is 0 Å². The highest BCUT2D eigenvalue weighted by Crippen LogP contribution is 2.16. The predicted molar refractivity (Wildman–Crippen MR) is 63.0 cm³/mol. The first-order valence-electron chi connectivity index (χ1n) is 5.43. The molecule has 2 aromatic rings. The summed E-state index contributed by atoms with van der Waals surface area (Å²) < 4.78 is 4.88. The molecular formula is C12H13N3O3. The number of carbonyl (C=O) groups is 1. The van der Waals surface area contributed by atoms with E-state index in [1.807, 2.05) is 0 Å². The maximum absolute atomic E-state index is 11.8. The van der Waals surface area contributed by atoms with Crippen LogP contribution in [-0.2, 0) is 6.54 Å². The number of aromatic nitrogens is 2. The fourth-order valence-corrected chi connectivity index (χ4v) is 1.47. The Bertz CT molecular complexity index is 578. The molecule has 0 saturated carbocycles. The molecule has 1 aromatic carbocycles. The number of nitrogens with one attached hydrogen (secondary N) is 1. The van der Waals surface area contributed by atoms with Gasteiger partial charge in [0, 0.05) is 5.56 Å². The molecule has 1 amide bonds. The summed E-state index contributed by atoms with van der Waals surface area (Å²) in [5.74, 6) is 0.795. The Labute approximate surface area is 104 Å². The number of amides is 1. The zero-order valence-electron chi connectivity index (χ0n) is 10.1. The van der Waals surface area contributed by atoms with E-state index in [0.717, 1.165) is 0 Å². The summed E-state index contributed by atoms with van der Waals surface area (Å²) in [6.45, 7) is 3.62. The van der Waals surface area contributed by atoms with Crippen molar-refractivity contribution in [3.8, 4) is 5.75 Å². The molecule has 1 aromatic heterocycles. The average molecular weight is 247 g/mol. The molecular weight excluding hydrogens is 234 g/mol. The number of rotatable bonds is 3. The topological polar surface area (TPSA) is 88.2 Å². The lowest BCUT2D eigenvalue weighted by Gasteiger charge is -2.04. The number of benzene rings is 1. The first-order chi connectivity index (χ1) is 8.56. The van der Waals surface area contributed by atoms with Gasteiger partial charge in [-0.1, -0.05) is 5.16 Å². The van der Waals surface area contributed by atoms with Gasteiger partial charge in [-0.05, 0) is 37.6 Å². The SMILES string of the molecule is Cc1noc(CNC(=O)c2ccc(O)c(C)c2)n1. The molecule has 0 radical (unpaired) electrons. The number of nitrogens with zero attached hydrogens (tertiary/aromatic N) is 2. The first kappa shape index (κ1) is 12.1. The van der Waals surface area contributed by atoms with Gasteiger partial charge in [0.1, 0.15) is 5.75 Å². The van der Waals surface area contributed by atoms with Crippen molar-refractivity contribution in [2.75, 3.05) is 0 Å². The van der Waals surface area contributed by atoms with Crippen molar-refractivity contribution in [1.82, 2.24) is 15.5 Å². The Morgan fingerprint density at radius 3 is 2.83 bits per heavy atom. The molecule has 0 aliphatic heterocycles. The molecule has 6 heteroatoms. The normalized spacial score (nSPS) is 10.3. The van der Waals surface area contributed by atoms with Crippen molar-refractivity contribution < 1.29 is 14.4 Å². The van der Waals surface area contributed by atoms with Crippen LogP contribution in [0.1, 0.15) is 27.6 Å². The Balaban J connectivity index is 2.01. The van der Waals surface area contributed by atoms with Crippen LogP contribution in [0.15, 0.2) is 22.7 Å². The number of hydrogen-bond donors (Lipinski definition) is 2. The lowest BCUT2D eigenvalue weighted by Crippen LogP contribution is -2.23. The van der Waals surface area contributed by atoms with E-state index < -0.39 is 0 Å². The van der Waals surface area contributed by atoms with E-state index in [9.17, 15) is 9.90 Å². The maximum atomic E-state index is 11.8. The highest BCUT2D eigenvalue weighted by Gasteiger charge is 2.09. The molecule has 0 unspecified atom stereocenters. The van der Waals surface area contributed by atoms with Gasteiger partial charge < -0.3 is 14.9 Å². The van der Waals surface area contributed by atoms with Crippen molar-refractivity contribution in [3.05, 3.63) is 41.0 Å². The van der Waals surface area contributed by atoms with Crippen molar-refractivity contribution >= 4 is 5.91 Å². The second-order valence-corrected chi connectivity index (χ2v) is 3.92. The van der Waals surface area contributed by atoms with Gasteiger partial charge in [0.2, 0.25) is 5.89 Å². The van der Waals surface area contributed by atoms with Crippen LogP contribution in [0.2, 0.25) is 0 Å². The van der Waals surface area contributed by atoms with Crippen LogP contribution in [0.4, 0.5) is 0 Å². The molecule has 6 nitrogen and oxygen atoms in total. The van der Waals surface area contributed by atoms with Crippen molar-refractivity contribution in [2.45, 2.75) is 20.4 Å². The number of phenols is 1. The Kier molecular flexibility index (Phi) is 3.27. The molecule has 0 atom stereocenters. The van der Waals surface area contributed by atoms with Crippen LogP contribution < -0.4 is 5.32 Å². The summed E-state index contributed by atoms with van der Waals surface area (Å²) in [6.07, 6.45) is 0. The molecule has 18 heavy (non-hydrogen) atoms. The summed E-state index contributed by atoms with van der Waals surface area (Å²) >= 11 is 0. The summed E-state index contributed by atoms with van der Waals surface area (Å²) in [5, 5.41) is 15.7. The average Bonchev–Trinajstić information content (AvgIpc) is 2.75. The Morgan fingerprint density at radius 2 is 2.22 bits per heavy atom. The molecule has 94 valence electrons. The third-order valence-electron chi connectivity index (χ3n) is 2.43. The van der Waals surface area contributed by atoms with Gasteiger partial charge in [-0.2, -0.15) is 4.98 Å². The predicted octanol–water partition coefficient (Wildman–Crippen LogP) is 1.32. The first-order valence-corrected chi connectivity index (χ1v) is 5.43. The smallest absolute Gasteiger partial charge is 0.251 e. The fraction of sp³-hybridized carbons (Fsp3) is 0.250. The van der Waals surface area contributed by atoms with Crippen LogP contribution in [0.3, 0.4) is 0 Å². The van der Waals surface area contributed by atoms with Crippen LogP contribution in [0, 0.1) is 13.8 Å². The zero-order valence-corrected chi connectivity index (χ0v) is 10.1. The van der Waals surface area contributed by atoms with E-state index in [-0.39, 0.29) is 18.2 Å². The van der Waals surface area contributed by atoms with Gasteiger partial charge in [0.25, 0.3) is 5.91 Å². The second kappa shape index (κ2) is 4.87. The molecule has 2 rings (SSSR count). The molecule has 0 fully saturated rings. The molecule has 0 aliphatic carbocycles. The molecule has 2 N–H and O–H groups in total. The number of aromatic hydroxyl groups is 1. The van der Waals surface area contributed by atoms with Gasteiger partial charge in [-0.15, -0.1) is 0 Å². The van der Waals surface area contributed by atoms with Crippen LogP contribution >= 0.6 is 0 Å². The number of phenolic OH excluding ortho intramolecular Hbond substituents is 1. The minimum atomic E-state index is -0.256. The third kappa shape index (κ3) is 2.65. The highest BCUT2D eigenvalue weighted by molar-refractivity contribution is 5.94. The maximum Gasteiger partial charge on any atom is 0.251 e. The van der Waals surface area contributed by atoms with E-state index in [2.05, 4.69) is 15.5 Å². The minimum Gasteiger partial charge on any atom is -0.508 e. The minimum absolute atomic E-state index is 0.166. The monoisotopic (exact) mass is 247 g/mol. The van der Waals surface area contributed by atoms with E-state index in [0.29, 0.717) is 22.8 Å². The van der Waals surface area contributed by atoms with Gasteiger partial charge in [0.15, 0.2) is 5.82 Å². The number of carbonyl (C=O) groups excluding carboxylic acids is 1. The van der Waals surface area contributed by atoms with E-state index >= 15 is 0 Å². The van der Waals surface area contributed by atoms with Crippen molar-refractivity contribution in [1.29, 1.82) is 0 Å². The Hall–Kier alpha value is -2.37. The third-order valence-corrected chi connectivity index (χ3v) is 2.43. The largest absolute Gasteiger partial charge is 0.508 e. The van der Waals surface area contributed by atoms with Crippen molar-refractivity contribution in [3.63, 3.8) is 0 Å². The molecule has 0 aliphatic rings. The molecule has 0 bridgehead atoms. The van der Waals surface area contributed by atoms with Gasteiger partial charge in [-0.3, -0.25) is 4.79 Å². The lowest BCUT2D eigenvalue weighted by atomic mass is 10.1. The molecule has 0 spiro atoms. The molecule has 1 heterocycles. The summed E-state index contributed by atoms with van der Waals surface area (Å²) in [5.41, 5.74) is 1.12.